The topological polar surface area (TPSA) is 121 Å². The number of carbonyl (C=O) groups excluding carboxylic acids is 3. The highest BCUT2D eigenvalue weighted by Gasteiger charge is 2.38. The van der Waals surface area contributed by atoms with Gasteiger partial charge < -0.3 is 16.0 Å². The fraction of sp³-hybridized carbons (Fsp3) is 0.348. The zero-order valence-electron chi connectivity index (χ0n) is 18.2. The number of amides is 3. The van der Waals surface area contributed by atoms with Gasteiger partial charge in [0.25, 0.3) is 5.91 Å². The summed E-state index contributed by atoms with van der Waals surface area (Å²) in [5, 5.41) is 8.51. The van der Waals surface area contributed by atoms with Crippen LogP contribution in [0.15, 0.2) is 47.6 Å². The van der Waals surface area contributed by atoms with Crippen molar-refractivity contribution in [1.29, 1.82) is 0 Å². The summed E-state index contributed by atoms with van der Waals surface area (Å²) in [7, 11) is 0. The summed E-state index contributed by atoms with van der Waals surface area (Å²) < 4.78 is 13.3. The fourth-order valence-electron chi connectivity index (χ4n) is 4.09. The maximum atomic E-state index is 13.3. The van der Waals surface area contributed by atoms with Crippen LogP contribution < -0.4 is 16.1 Å². The SMILES string of the molecule is Cc1cccc(NC(=O)C2CCCN(C(=O)C3=NN(c4ccc(F)cc4)C(C(N)=O)C3)C2)n1. The van der Waals surface area contributed by atoms with Gasteiger partial charge in [-0.15, -0.1) is 0 Å². The lowest BCUT2D eigenvalue weighted by atomic mass is 9.96. The van der Waals surface area contributed by atoms with Crippen molar-refractivity contribution in [3.05, 3.63) is 54.0 Å². The van der Waals surface area contributed by atoms with Crippen molar-refractivity contribution < 1.29 is 18.8 Å². The summed E-state index contributed by atoms with van der Waals surface area (Å²) in [6.45, 7) is 2.57. The summed E-state index contributed by atoms with van der Waals surface area (Å²) in [4.78, 5) is 43.8. The fourth-order valence-corrected chi connectivity index (χ4v) is 4.09. The monoisotopic (exact) mass is 452 g/mol. The number of nitrogens with zero attached hydrogens (tertiary/aromatic N) is 4. The molecule has 9 nitrogen and oxygen atoms in total. The second-order valence-electron chi connectivity index (χ2n) is 8.23. The van der Waals surface area contributed by atoms with Gasteiger partial charge in [0.05, 0.1) is 11.6 Å². The van der Waals surface area contributed by atoms with Crippen LogP contribution in [0.5, 0.6) is 0 Å². The Kier molecular flexibility index (Phi) is 6.34. The quantitative estimate of drug-likeness (QED) is 0.717. The number of rotatable bonds is 5. The Labute approximate surface area is 190 Å². The predicted octanol–water partition coefficient (Wildman–Crippen LogP) is 1.83. The van der Waals surface area contributed by atoms with E-state index in [1.807, 2.05) is 19.1 Å². The van der Waals surface area contributed by atoms with Gasteiger partial charge in [0, 0.05) is 25.2 Å². The Bertz CT molecular complexity index is 1100. The number of aryl methyl sites for hydroxylation is 1. The first-order valence-electron chi connectivity index (χ1n) is 10.8. The van der Waals surface area contributed by atoms with Crippen molar-refractivity contribution in [2.45, 2.75) is 32.2 Å². The summed E-state index contributed by atoms with van der Waals surface area (Å²) in [6, 6.07) is 9.98. The minimum Gasteiger partial charge on any atom is -0.368 e. The molecule has 172 valence electrons. The van der Waals surface area contributed by atoms with Gasteiger partial charge in [0.2, 0.25) is 11.8 Å². The third-order valence-electron chi connectivity index (χ3n) is 5.80. The molecule has 3 amide bonds. The number of nitrogens with one attached hydrogen (secondary N) is 1. The number of likely N-dealkylation sites (tertiary alicyclic amines) is 1. The molecule has 1 fully saturated rings. The maximum Gasteiger partial charge on any atom is 0.270 e. The summed E-state index contributed by atoms with van der Waals surface area (Å²) in [5.74, 6) is -1.49. The average Bonchev–Trinajstić information content (AvgIpc) is 3.25. The van der Waals surface area contributed by atoms with Gasteiger partial charge in [-0.05, 0) is 56.2 Å². The number of benzene rings is 1. The number of hydrogen-bond donors (Lipinski definition) is 2. The summed E-state index contributed by atoms with van der Waals surface area (Å²) >= 11 is 0. The number of hydrazone groups is 1. The van der Waals surface area contributed by atoms with E-state index in [1.54, 1.807) is 11.0 Å². The van der Waals surface area contributed by atoms with E-state index >= 15 is 0 Å². The van der Waals surface area contributed by atoms with Crippen LogP contribution in [0.2, 0.25) is 0 Å². The molecule has 1 saturated heterocycles. The molecule has 3 N–H and O–H groups in total. The normalized spacial score (nSPS) is 20.4. The van der Waals surface area contributed by atoms with E-state index in [0.717, 1.165) is 5.69 Å². The minimum atomic E-state index is -0.842. The molecule has 2 aromatic rings. The van der Waals surface area contributed by atoms with E-state index < -0.39 is 17.8 Å². The molecule has 2 aliphatic heterocycles. The molecular weight excluding hydrogens is 427 g/mol. The molecule has 10 heteroatoms. The second-order valence-corrected chi connectivity index (χ2v) is 8.23. The van der Waals surface area contributed by atoms with Gasteiger partial charge in [-0.2, -0.15) is 5.10 Å². The largest absolute Gasteiger partial charge is 0.368 e. The van der Waals surface area contributed by atoms with Gasteiger partial charge >= 0.3 is 0 Å². The van der Waals surface area contributed by atoms with E-state index in [-0.39, 0.29) is 36.4 Å². The molecule has 33 heavy (non-hydrogen) atoms. The Hall–Kier alpha value is -3.82. The molecule has 0 spiro atoms. The smallest absolute Gasteiger partial charge is 0.270 e. The number of anilines is 2. The van der Waals surface area contributed by atoms with Crippen LogP contribution in [0.3, 0.4) is 0 Å². The molecular formula is C23H25FN6O3. The van der Waals surface area contributed by atoms with Crippen LogP contribution in [0.4, 0.5) is 15.9 Å². The molecule has 2 unspecified atom stereocenters. The van der Waals surface area contributed by atoms with Crippen LogP contribution in [0, 0.1) is 18.7 Å². The predicted molar refractivity (Wildman–Crippen MR) is 121 cm³/mol. The van der Waals surface area contributed by atoms with Gasteiger partial charge in [-0.3, -0.25) is 19.4 Å². The average molecular weight is 452 g/mol. The lowest BCUT2D eigenvalue weighted by Gasteiger charge is -2.31. The minimum absolute atomic E-state index is 0.0477. The van der Waals surface area contributed by atoms with Gasteiger partial charge in [-0.1, -0.05) is 6.07 Å². The third-order valence-corrected chi connectivity index (χ3v) is 5.80. The van der Waals surface area contributed by atoms with Crippen LogP contribution in [0.1, 0.15) is 25.0 Å². The van der Waals surface area contributed by atoms with E-state index in [0.29, 0.717) is 30.9 Å². The molecule has 1 aromatic heterocycles. The van der Waals surface area contributed by atoms with Crippen LogP contribution in [-0.4, -0.2) is 52.4 Å². The molecule has 1 aromatic carbocycles. The highest BCUT2D eigenvalue weighted by atomic mass is 19.1. The van der Waals surface area contributed by atoms with E-state index in [4.69, 9.17) is 5.73 Å². The standard InChI is InChI=1S/C23H25FN6O3/c1-14-4-2-6-20(26-14)27-22(32)15-5-3-11-29(13-15)23(33)18-12-19(21(25)31)30(28-18)17-9-7-16(24)8-10-17/h2,4,6-10,15,19H,3,5,11-13H2,1H3,(H2,25,31)(H,26,27,32). The molecule has 3 heterocycles. The van der Waals surface area contributed by atoms with Crippen LogP contribution in [-0.2, 0) is 14.4 Å². The van der Waals surface area contributed by atoms with E-state index in [1.165, 1.54) is 29.3 Å². The highest BCUT2D eigenvalue weighted by Crippen LogP contribution is 2.27. The zero-order valence-corrected chi connectivity index (χ0v) is 18.2. The van der Waals surface area contributed by atoms with Crippen LogP contribution >= 0.6 is 0 Å². The Morgan fingerprint density at radius 2 is 1.91 bits per heavy atom. The van der Waals surface area contributed by atoms with Crippen molar-refractivity contribution in [2.75, 3.05) is 23.4 Å². The molecule has 0 radical (unpaired) electrons. The molecule has 0 saturated carbocycles. The van der Waals surface area contributed by atoms with Gasteiger partial charge in [-0.25, -0.2) is 9.37 Å². The van der Waals surface area contributed by atoms with E-state index in [2.05, 4.69) is 15.4 Å². The zero-order chi connectivity index (χ0) is 23.5. The third kappa shape index (κ3) is 5.00. The summed E-state index contributed by atoms with van der Waals surface area (Å²) in [5.41, 5.74) is 6.97. The highest BCUT2D eigenvalue weighted by molar-refractivity contribution is 6.40. The maximum absolute atomic E-state index is 13.3. The number of nitrogens with two attached hydrogens (primary N) is 1. The number of halogens is 1. The number of primary amides is 1. The first-order valence-corrected chi connectivity index (χ1v) is 10.8. The first kappa shape index (κ1) is 22.4. The lowest BCUT2D eigenvalue weighted by molar-refractivity contribution is -0.128. The summed E-state index contributed by atoms with van der Waals surface area (Å²) in [6.07, 6.45) is 1.37. The van der Waals surface area contributed by atoms with Crippen molar-refractivity contribution in [2.24, 2.45) is 16.8 Å². The Balaban J connectivity index is 1.46. The number of piperidine rings is 1. The number of pyridine rings is 1. The molecule has 0 bridgehead atoms. The Morgan fingerprint density at radius 1 is 1.15 bits per heavy atom. The van der Waals surface area contributed by atoms with Crippen molar-refractivity contribution >= 4 is 34.9 Å². The molecule has 4 rings (SSSR count). The van der Waals surface area contributed by atoms with E-state index in [9.17, 15) is 18.8 Å². The van der Waals surface area contributed by atoms with Gasteiger partial charge in [0.1, 0.15) is 23.4 Å². The number of hydrogen-bond acceptors (Lipinski definition) is 6. The molecule has 0 aliphatic carbocycles. The van der Waals surface area contributed by atoms with Crippen LogP contribution in [0.25, 0.3) is 0 Å². The number of aromatic nitrogens is 1. The van der Waals surface area contributed by atoms with Crippen molar-refractivity contribution in [3.8, 4) is 0 Å². The lowest BCUT2D eigenvalue weighted by Crippen LogP contribution is -2.46. The first-order chi connectivity index (χ1) is 15.8. The van der Waals surface area contributed by atoms with Gasteiger partial charge in [0.15, 0.2) is 0 Å². The van der Waals surface area contributed by atoms with Crippen molar-refractivity contribution in [1.82, 2.24) is 9.88 Å². The molecule has 2 aliphatic rings. The number of carbonyl (C=O) groups is 3. The molecule has 2 atom stereocenters. The Morgan fingerprint density at radius 3 is 2.61 bits per heavy atom. The second kappa shape index (κ2) is 9.35. The van der Waals surface area contributed by atoms with Crippen molar-refractivity contribution in [3.63, 3.8) is 0 Å².